The van der Waals surface area contributed by atoms with E-state index in [0.717, 1.165) is 65.6 Å². The van der Waals surface area contributed by atoms with Crippen molar-refractivity contribution < 1.29 is 37.8 Å². The van der Waals surface area contributed by atoms with E-state index in [1.165, 1.54) is 30.7 Å². The van der Waals surface area contributed by atoms with Gasteiger partial charge in [-0.05, 0) is 98.7 Å². The van der Waals surface area contributed by atoms with Crippen LogP contribution in [0.5, 0.6) is 5.75 Å². The molecule has 4 amide bonds. The second kappa shape index (κ2) is 18.1. The van der Waals surface area contributed by atoms with Gasteiger partial charge in [-0.1, -0.05) is 33.8 Å². The first kappa shape index (κ1) is 45.1. The van der Waals surface area contributed by atoms with E-state index >= 15 is 4.39 Å². The van der Waals surface area contributed by atoms with E-state index in [1.54, 1.807) is 33.5 Å². The van der Waals surface area contributed by atoms with Crippen molar-refractivity contribution in [3.8, 4) is 39.5 Å². The Morgan fingerprint density at radius 1 is 0.779 bits per heavy atom. The summed E-state index contributed by atoms with van der Waals surface area (Å²) in [6.07, 6.45) is 7.73. The Labute approximate surface area is 396 Å². The Bertz CT molecular complexity index is 2910. The van der Waals surface area contributed by atoms with Gasteiger partial charge in [0.25, 0.3) is 0 Å². The Balaban J connectivity index is 0.966. The average Bonchev–Trinajstić information content (AvgIpc) is 4.18. The number of carbonyl (C=O) groups is 4. The standard InChI is InChI=1S/C50H56FN9O7S/c1-25(2)42(56-49(63)65-5)46(61)58-16-8-11-35(58)44-52-23-32(54-44)27-14-15-34-30(18-27)20-37-41-31(51)19-29(21-38(41)67-48(60(34)37)40-22-28-10-7-13-39(28)68-40)33-24-53-45(55-33)36-12-9-17-59(36)47(62)43(26(3)4)57-50(64)66-6/h14-15,18-26,35-36,42-43,48H,7-13,16-17H2,1-6H3,(H,52,54)(H,53,55)(H,56,63)(H,57,64)/t35-,36-,42-,43-,48?/m0/s1. The van der Waals surface area contributed by atoms with Gasteiger partial charge < -0.3 is 44.6 Å². The Morgan fingerprint density at radius 3 is 1.96 bits per heavy atom. The lowest BCUT2D eigenvalue weighted by Gasteiger charge is -2.30. The maximum atomic E-state index is 16.9. The third-order valence-electron chi connectivity index (χ3n) is 13.9. The fraction of sp³-hybridized carbons (Fsp3) is 0.440. The molecule has 10 rings (SSSR count). The highest BCUT2D eigenvalue weighted by Crippen LogP contribution is 2.49. The second-order valence-corrected chi connectivity index (χ2v) is 20.1. The molecule has 1 aliphatic carbocycles. The van der Waals surface area contributed by atoms with Crippen molar-refractivity contribution in [1.29, 1.82) is 0 Å². The molecular weight excluding hydrogens is 890 g/mol. The minimum absolute atomic E-state index is 0.149. The van der Waals surface area contributed by atoms with E-state index in [4.69, 9.17) is 24.2 Å². The van der Waals surface area contributed by atoms with Crippen LogP contribution in [0.4, 0.5) is 14.0 Å². The van der Waals surface area contributed by atoms with Gasteiger partial charge in [0, 0.05) is 34.5 Å². The molecule has 0 saturated carbocycles. The first-order valence-corrected chi connectivity index (χ1v) is 24.3. The summed E-state index contributed by atoms with van der Waals surface area (Å²) in [5.41, 5.74) is 6.06. The van der Waals surface area contributed by atoms with Crippen molar-refractivity contribution >= 4 is 46.2 Å². The summed E-state index contributed by atoms with van der Waals surface area (Å²) in [4.78, 5) is 74.2. The molecule has 0 spiro atoms. The number of hydrogen-bond acceptors (Lipinski definition) is 10. The number of nitrogens with one attached hydrogen (secondary N) is 4. The number of benzene rings is 2. The molecule has 0 radical (unpaired) electrons. The van der Waals surface area contributed by atoms with Gasteiger partial charge in [0.05, 0.1) is 71.7 Å². The van der Waals surface area contributed by atoms with Crippen LogP contribution in [0.2, 0.25) is 0 Å². The third-order valence-corrected chi connectivity index (χ3v) is 15.2. The van der Waals surface area contributed by atoms with E-state index in [2.05, 4.69) is 37.3 Å². The number of aromatic nitrogens is 5. The smallest absolute Gasteiger partial charge is 0.407 e. The zero-order valence-corrected chi connectivity index (χ0v) is 39.8. The number of carbonyl (C=O) groups excluding carboxylic acids is 4. The van der Waals surface area contributed by atoms with Crippen LogP contribution in [-0.4, -0.2) is 97.7 Å². The zero-order chi connectivity index (χ0) is 47.5. The van der Waals surface area contributed by atoms with Gasteiger partial charge in [-0.2, -0.15) is 0 Å². The van der Waals surface area contributed by atoms with Gasteiger partial charge in [-0.15, -0.1) is 11.3 Å². The summed E-state index contributed by atoms with van der Waals surface area (Å²) in [7, 11) is 2.55. The molecule has 356 valence electrons. The quantitative estimate of drug-likeness (QED) is 0.0984. The van der Waals surface area contributed by atoms with Gasteiger partial charge in [-0.3, -0.25) is 14.2 Å². The number of methoxy groups -OCH3 is 2. The molecular formula is C50H56FN9O7S. The summed E-state index contributed by atoms with van der Waals surface area (Å²) in [5, 5.41) is 6.29. The first-order chi connectivity index (χ1) is 32.8. The molecule has 16 nitrogen and oxygen atoms in total. The number of aryl methyl sites for hydroxylation is 2. The van der Waals surface area contributed by atoms with E-state index in [-0.39, 0.29) is 35.7 Å². The molecule has 0 bridgehead atoms. The minimum Gasteiger partial charge on any atom is -0.464 e. The van der Waals surface area contributed by atoms with Crippen LogP contribution < -0.4 is 15.4 Å². The zero-order valence-electron chi connectivity index (χ0n) is 39.0. The van der Waals surface area contributed by atoms with Crippen LogP contribution in [0.25, 0.3) is 44.7 Å². The number of thiophene rings is 1. The van der Waals surface area contributed by atoms with E-state index in [0.29, 0.717) is 59.4 Å². The molecule has 7 heterocycles. The molecule has 68 heavy (non-hydrogen) atoms. The highest BCUT2D eigenvalue weighted by molar-refractivity contribution is 7.12. The fourth-order valence-corrected chi connectivity index (χ4v) is 11.7. The van der Waals surface area contributed by atoms with E-state index in [1.807, 2.05) is 52.0 Å². The first-order valence-electron chi connectivity index (χ1n) is 23.5. The predicted octanol–water partition coefficient (Wildman–Crippen LogP) is 8.81. The maximum Gasteiger partial charge on any atom is 0.407 e. The van der Waals surface area contributed by atoms with Crippen LogP contribution in [0.15, 0.2) is 54.9 Å². The monoisotopic (exact) mass is 945 g/mol. The molecule has 4 aliphatic rings. The summed E-state index contributed by atoms with van der Waals surface area (Å²) in [6, 6.07) is 11.6. The van der Waals surface area contributed by atoms with Crippen LogP contribution in [0.1, 0.15) is 105 Å². The highest BCUT2D eigenvalue weighted by atomic mass is 32.1. The maximum absolute atomic E-state index is 16.9. The minimum atomic E-state index is -0.767. The van der Waals surface area contributed by atoms with Gasteiger partial charge >= 0.3 is 12.2 Å². The van der Waals surface area contributed by atoms with Crippen molar-refractivity contribution in [2.45, 2.75) is 103 Å². The molecule has 4 aromatic heterocycles. The lowest BCUT2D eigenvalue weighted by molar-refractivity contribution is -0.136. The lowest BCUT2D eigenvalue weighted by Crippen LogP contribution is -2.51. The summed E-state index contributed by atoms with van der Waals surface area (Å²) in [5.74, 6) is 0.499. The number of likely N-dealkylation sites (tertiary alicyclic amines) is 2. The molecule has 4 N–H and O–H groups in total. The highest BCUT2D eigenvalue weighted by Gasteiger charge is 2.40. The normalized spacial score (nSPS) is 19.5. The number of ether oxygens (including phenoxy) is 3. The van der Waals surface area contributed by atoms with E-state index in [9.17, 15) is 19.2 Å². The number of fused-ring (bicyclic) bond motifs is 6. The number of imidazole rings is 2. The Kier molecular flexibility index (Phi) is 12.0. The van der Waals surface area contributed by atoms with Gasteiger partial charge in [0.15, 0.2) is 0 Å². The topological polar surface area (TPSA) is 189 Å². The molecule has 5 atom stereocenters. The SMILES string of the molecule is COC(=O)N[C@H](C(=O)N1CCC[C@H]1c1ncc(-c2cc(F)c3c(c2)OC(c2cc4c(s2)CCC4)n2c-3cc3cc(-c4cnc([C@@H]5CCCN5C(=O)[C@@H](NC(=O)OC)C(C)C)[nH]4)ccc32)[nH]1)C(C)C. The van der Waals surface area contributed by atoms with Crippen molar-refractivity contribution in [2.75, 3.05) is 27.3 Å². The summed E-state index contributed by atoms with van der Waals surface area (Å²) in [6.45, 7) is 8.59. The van der Waals surface area contributed by atoms with Crippen molar-refractivity contribution in [3.05, 3.63) is 87.6 Å². The van der Waals surface area contributed by atoms with Crippen molar-refractivity contribution in [2.24, 2.45) is 11.8 Å². The lowest BCUT2D eigenvalue weighted by atomic mass is 10.0. The summed E-state index contributed by atoms with van der Waals surface area (Å²) >= 11 is 1.75. The van der Waals surface area contributed by atoms with Crippen molar-refractivity contribution in [3.63, 3.8) is 0 Å². The summed E-state index contributed by atoms with van der Waals surface area (Å²) < 4.78 is 35.5. The second-order valence-electron chi connectivity index (χ2n) is 18.9. The fourth-order valence-electron chi connectivity index (χ4n) is 10.5. The van der Waals surface area contributed by atoms with Crippen LogP contribution >= 0.6 is 11.3 Å². The van der Waals surface area contributed by atoms with Gasteiger partial charge in [-0.25, -0.2) is 23.9 Å². The molecule has 18 heteroatoms. The Morgan fingerprint density at radius 2 is 1.38 bits per heavy atom. The number of amides is 4. The number of alkyl carbamates (subject to hydrolysis) is 2. The largest absolute Gasteiger partial charge is 0.464 e. The molecule has 1 unspecified atom stereocenters. The number of H-pyrrole nitrogens is 2. The molecule has 2 aromatic carbocycles. The van der Waals surface area contributed by atoms with E-state index < -0.39 is 36.3 Å². The number of halogens is 1. The average molecular weight is 946 g/mol. The number of aromatic amines is 2. The molecule has 6 aromatic rings. The van der Waals surface area contributed by atoms with Crippen molar-refractivity contribution in [1.82, 2.24) is 44.9 Å². The van der Waals surface area contributed by atoms with Crippen LogP contribution in [0.3, 0.4) is 0 Å². The van der Waals surface area contributed by atoms with Gasteiger partial charge in [0.2, 0.25) is 18.0 Å². The predicted molar refractivity (Wildman–Crippen MR) is 253 cm³/mol. The molecule has 2 fully saturated rings. The molecule has 3 aliphatic heterocycles. The third kappa shape index (κ3) is 8.05. The number of nitrogens with zero attached hydrogens (tertiary/aromatic N) is 5. The van der Waals surface area contributed by atoms with Gasteiger partial charge in [0.1, 0.15) is 35.3 Å². The van der Waals surface area contributed by atoms with Crippen LogP contribution in [-0.2, 0) is 31.9 Å². The number of hydrogen-bond donors (Lipinski definition) is 4. The number of rotatable bonds is 11. The Hall–Kier alpha value is -6.69. The van der Waals surface area contributed by atoms with Crippen LogP contribution in [0, 0.1) is 17.7 Å². The molecule has 2 saturated heterocycles.